The number of rotatable bonds is 2. The van der Waals surface area contributed by atoms with Crippen LogP contribution in [0.1, 0.15) is 83.5 Å². The van der Waals surface area contributed by atoms with Crippen LogP contribution in [0.2, 0.25) is 0 Å². The van der Waals surface area contributed by atoms with Crippen LogP contribution in [0.5, 0.6) is 0 Å². The molecule has 11 heteroatoms. The molecular formula is C34H45N5O6. The van der Waals surface area contributed by atoms with E-state index in [4.69, 9.17) is 14.5 Å². The Hall–Kier alpha value is -3.83. The van der Waals surface area contributed by atoms with Gasteiger partial charge in [0.05, 0.1) is 28.8 Å². The van der Waals surface area contributed by atoms with Gasteiger partial charge in [0.25, 0.3) is 11.8 Å². The first-order valence-electron chi connectivity index (χ1n) is 16.0. The number of amides is 3. The average molecular weight is 620 g/mol. The van der Waals surface area contributed by atoms with Crippen LogP contribution < -0.4 is 16.1 Å². The first-order chi connectivity index (χ1) is 21.5. The maximum Gasteiger partial charge on any atom is 0.316 e. The molecule has 0 radical (unpaired) electrons. The van der Waals surface area contributed by atoms with E-state index in [1.807, 2.05) is 63.3 Å². The molecule has 1 aromatic carbocycles. The Labute approximate surface area is 264 Å². The lowest BCUT2D eigenvalue weighted by molar-refractivity contribution is -0.169. The number of esters is 1. The van der Waals surface area contributed by atoms with Gasteiger partial charge in [-0.05, 0) is 76.0 Å². The van der Waals surface area contributed by atoms with E-state index in [9.17, 15) is 19.2 Å². The van der Waals surface area contributed by atoms with Crippen molar-refractivity contribution in [1.29, 1.82) is 0 Å². The lowest BCUT2D eigenvalue weighted by Gasteiger charge is -2.37. The van der Waals surface area contributed by atoms with Gasteiger partial charge in [0, 0.05) is 19.0 Å². The number of ether oxygens (including phenoxy) is 2. The standard InChI is InChI=1S/C34H45N5O6/c1-20(2)29-31(41)36-22(4)32(42)39-18-6-7-27(38-39)30(40)35-21(3)26-11-10-24-9-8-23(19-28(24)37-26)12-15-34(33(43)45-29)16-13-25(44-5)14-17-34/h8-12,15,19-22,25,27,29,38H,6-7,13-14,16-18H2,1-5H3,(H,35,40)(H,36,41)/b15-12+/t21-,22+,25-,27?,29+,34-/m1/s1. The molecule has 2 aliphatic heterocycles. The second-order valence-electron chi connectivity index (χ2n) is 13.0. The van der Waals surface area contributed by atoms with Gasteiger partial charge in [-0.2, -0.15) is 0 Å². The zero-order chi connectivity index (χ0) is 32.3. The van der Waals surface area contributed by atoms with Crippen molar-refractivity contribution in [3.8, 4) is 0 Å². The first kappa shape index (κ1) is 32.6. The SMILES string of the molecule is CO[C@H]1CC[C@@]2(/C=C/c3ccc4ccc(nc4c3)[C@@H](C)NC(=O)C3CCCN(N3)C(=O)[C@H](C)NC(=O)[C@H](C(C)C)OC2=O)CC1. The fourth-order valence-electron chi connectivity index (χ4n) is 6.37. The minimum absolute atomic E-state index is 0.0480. The summed E-state index contributed by atoms with van der Waals surface area (Å²) in [6, 6.07) is 7.90. The van der Waals surface area contributed by atoms with Gasteiger partial charge in [0.15, 0.2) is 6.10 Å². The third-order valence-electron chi connectivity index (χ3n) is 9.30. The molecule has 1 spiro atoms. The Morgan fingerprint density at radius 3 is 2.40 bits per heavy atom. The summed E-state index contributed by atoms with van der Waals surface area (Å²) in [5, 5.41) is 8.14. The summed E-state index contributed by atoms with van der Waals surface area (Å²) in [5.74, 6) is -1.95. The number of nitrogens with zero attached hydrogens (tertiary/aromatic N) is 2. The van der Waals surface area contributed by atoms with E-state index >= 15 is 0 Å². The van der Waals surface area contributed by atoms with E-state index < -0.39 is 35.5 Å². The first-order valence-corrected chi connectivity index (χ1v) is 16.0. The van der Waals surface area contributed by atoms with Gasteiger partial charge in [-0.1, -0.05) is 44.2 Å². The van der Waals surface area contributed by atoms with Crippen molar-refractivity contribution in [1.82, 2.24) is 26.1 Å². The van der Waals surface area contributed by atoms with Crippen LogP contribution in [0.25, 0.3) is 17.0 Å². The van der Waals surface area contributed by atoms with Crippen molar-refractivity contribution < 1.29 is 28.7 Å². The Kier molecular flexibility index (Phi) is 9.88. The van der Waals surface area contributed by atoms with Gasteiger partial charge < -0.3 is 20.1 Å². The van der Waals surface area contributed by atoms with E-state index in [0.717, 1.165) is 16.5 Å². The molecule has 3 N–H and O–H groups in total. The summed E-state index contributed by atoms with van der Waals surface area (Å²) in [4.78, 5) is 59.0. The van der Waals surface area contributed by atoms with E-state index in [0.29, 0.717) is 50.8 Å². The third-order valence-corrected chi connectivity index (χ3v) is 9.30. The average Bonchev–Trinajstić information content (AvgIpc) is 3.04. The normalized spacial score (nSPS) is 31.1. The molecule has 1 saturated heterocycles. The van der Waals surface area contributed by atoms with Crippen LogP contribution in [0, 0.1) is 11.3 Å². The van der Waals surface area contributed by atoms with Crippen LogP contribution in [0.4, 0.5) is 0 Å². The maximum atomic E-state index is 14.0. The summed E-state index contributed by atoms with van der Waals surface area (Å²) in [5.41, 5.74) is 4.44. The Bertz CT molecular complexity index is 1470. The van der Waals surface area contributed by atoms with Crippen LogP contribution in [0.15, 0.2) is 36.4 Å². The van der Waals surface area contributed by atoms with Crippen molar-refractivity contribution in [2.45, 2.75) is 96.6 Å². The summed E-state index contributed by atoms with van der Waals surface area (Å²) >= 11 is 0. The van der Waals surface area contributed by atoms with Gasteiger partial charge in [0.1, 0.15) is 12.1 Å². The van der Waals surface area contributed by atoms with Crippen molar-refractivity contribution >= 4 is 40.7 Å². The second-order valence-corrected chi connectivity index (χ2v) is 13.0. The number of aromatic nitrogens is 1. The van der Waals surface area contributed by atoms with Crippen LogP contribution >= 0.6 is 0 Å². The highest BCUT2D eigenvalue weighted by molar-refractivity contribution is 5.92. The topological polar surface area (TPSA) is 139 Å². The summed E-state index contributed by atoms with van der Waals surface area (Å²) in [7, 11) is 1.68. The van der Waals surface area contributed by atoms with E-state index in [2.05, 4.69) is 16.1 Å². The lowest BCUT2D eigenvalue weighted by Crippen LogP contribution is -2.61. The molecule has 2 fully saturated rings. The molecule has 5 rings (SSSR count). The molecule has 1 aromatic heterocycles. The van der Waals surface area contributed by atoms with Crippen LogP contribution in [0.3, 0.4) is 0 Å². The Morgan fingerprint density at radius 1 is 0.978 bits per heavy atom. The molecule has 242 valence electrons. The van der Waals surface area contributed by atoms with E-state index in [-0.39, 0.29) is 29.9 Å². The Balaban J connectivity index is 1.53. The van der Waals surface area contributed by atoms with E-state index in [1.54, 1.807) is 14.0 Å². The number of fused-ring (bicyclic) bond motifs is 4. The van der Waals surface area contributed by atoms with Crippen molar-refractivity contribution in [2.75, 3.05) is 13.7 Å². The van der Waals surface area contributed by atoms with Crippen molar-refractivity contribution in [3.05, 3.63) is 47.7 Å². The van der Waals surface area contributed by atoms with Gasteiger partial charge >= 0.3 is 5.97 Å². The highest BCUT2D eigenvalue weighted by Gasteiger charge is 2.44. The zero-order valence-electron chi connectivity index (χ0n) is 26.8. The molecule has 3 heterocycles. The molecule has 11 nitrogen and oxygen atoms in total. The Morgan fingerprint density at radius 2 is 1.69 bits per heavy atom. The maximum absolute atomic E-state index is 14.0. The van der Waals surface area contributed by atoms with Gasteiger partial charge in [-0.15, -0.1) is 0 Å². The lowest BCUT2D eigenvalue weighted by atomic mass is 9.72. The van der Waals surface area contributed by atoms with Gasteiger partial charge in [-0.25, -0.2) is 5.43 Å². The molecule has 1 unspecified atom stereocenters. The summed E-state index contributed by atoms with van der Waals surface area (Å²) in [6.45, 7) is 7.48. The number of carbonyl (C=O) groups is 4. The number of methoxy groups -OCH3 is 1. The number of cyclic esters (lactones) is 1. The smallest absolute Gasteiger partial charge is 0.316 e. The number of hydrazine groups is 1. The zero-order valence-corrected chi connectivity index (χ0v) is 26.8. The number of hydrogen-bond donors (Lipinski definition) is 3. The monoisotopic (exact) mass is 619 g/mol. The molecule has 1 aliphatic carbocycles. The fourth-order valence-corrected chi connectivity index (χ4v) is 6.37. The second kappa shape index (κ2) is 13.7. The molecule has 3 aliphatic rings. The quantitative estimate of drug-likeness (QED) is 0.434. The van der Waals surface area contributed by atoms with Crippen LogP contribution in [-0.2, 0) is 28.7 Å². The molecule has 1 saturated carbocycles. The minimum atomic E-state index is -1.09. The number of pyridine rings is 1. The molecular weight excluding hydrogens is 574 g/mol. The predicted octanol–water partition coefficient (Wildman–Crippen LogP) is 3.58. The molecule has 45 heavy (non-hydrogen) atoms. The summed E-state index contributed by atoms with van der Waals surface area (Å²) < 4.78 is 11.6. The number of nitrogens with one attached hydrogen (secondary N) is 3. The van der Waals surface area contributed by atoms with Gasteiger partial charge in [0.2, 0.25) is 5.91 Å². The molecule has 4 atom stereocenters. The third kappa shape index (κ3) is 7.20. The largest absolute Gasteiger partial charge is 0.451 e. The number of carbonyl (C=O) groups excluding carboxylic acids is 4. The highest BCUT2D eigenvalue weighted by atomic mass is 16.6. The number of hydrogen-bond acceptors (Lipinski definition) is 8. The fraction of sp³-hybridized carbons (Fsp3) is 0.559. The summed E-state index contributed by atoms with van der Waals surface area (Å²) in [6.07, 6.45) is 6.33. The van der Waals surface area contributed by atoms with Crippen molar-refractivity contribution in [3.63, 3.8) is 0 Å². The molecule has 2 aromatic rings. The predicted molar refractivity (Wildman–Crippen MR) is 169 cm³/mol. The van der Waals surface area contributed by atoms with Crippen molar-refractivity contribution in [2.24, 2.45) is 11.3 Å². The highest BCUT2D eigenvalue weighted by Crippen LogP contribution is 2.41. The van der Waals surface area contributed by atoms with Crippen LogP contribution in [-0.4, -0.2) is 71.6 Å². The van der Waals surface area contributed by atoms with E-state index in [1.165, 1.54) is 5.01 Å². The van der Waals surface area contributed by atoms with Gasteiger partial charge in [-0.3, -0.25) is 29.2 Å². The number of benzene rings is 1. The minimum Gasteiger partial charge on any atom is -0.451 e. The molecule has 3 amide bonds. The molecule has 5 bridgehead atoms.